The molecule has 0 atom stereocenters. The first kappa shape index (κ1) is 13.1. The van der Waals surface area contributed by atoms with Gasteiger partial charge >= 0.3 is 0 Å². The Morgan fingerprint density at radius 1 is 1.14 bits per heavy atom. The van der Waals surface area contributed by atoms with E-state index >= 15 is 0 Å². The summed E-state index contributed by atoms with van der Waals surface area (Å²) in [6.07, 6.45) is 4.68. The van der Waals surface area contributed by atoms with Gasteiger partial charge in [0.1, 0.15) is 0 Å². The minimum absolute atomic E-state index is 0.272. The van der Waals surface area contributed by atoms with Gasteiger partial charge in [0.15, 0.2) is 17.8 Å². The third kappa shape index (κ3) is 2.97. The number of carbonyl (C=O) groups excluding carboxylic acids is 1. The first-order valence-corrected chi connectivity index (χ1v) is 6.50. The van der Waals surface area contributed by atoms with E-state index in [0.717, 1.165) is 11.1 Å². The number of carbonyl (C=O) groups is 1. The predicted octanol–water partition coefficient (Wildman–Crippen LogP) is 2.67. The highest BCUT2D eigenvalue weighted by molar-refractivity contribution is 5.97. The van der Waals surface area contributed by atoms with Crippen LogP contribution in [-0.2, 0) is 6.54 Å². The van der Waals surface area contributed by atoms with Gasteiger partial charge in [-0.2, -0.15) is 0 Å². The van der Waals surface area contributed by atoms with Crippen LogP contribution >= 0.6 is 0 Å². The van der Waals surface area contributed by atoms with Gasteiger partial charge in [0.25, 0.3) is 5.91 Å². The summed E-state index contributed by atoms with van der Waals surface area (Å²) in [6, 6.07) is 13.1. The van der Waals surface area contributed by atoms with Crippen LogP contribution in [0.1, 0.15) is 16.1 Å². The molecular formula is C16H13N3O2. The molecule has 104 valence electrons. The molecule has 0 aliphatic rings. The van der Waals surface area contributed by atoms with Crippen molar-refractivity contribution in [2.75, 3.05) is 0 Å². The average Bonchev–Trinajstić information content (AvgIpc) is 3.04. The Hall–Kier alpha value is -2.95. The minimum atomic E-state index is -0.272. The molecule has 2 heterocycles. The first-order valence-electron chi connectivity index (χ1n) is 6.50. The van der Waals surface area contributed by atoms with Crippen molar-refractivity contribution in [3.05, 3.63) is 72.5 Å². The van der Waals surface area contributed by atoms with Crippen molar-refractivity contribution in [1.29, 1.82) is 0 Å². The summed E-state index contributed by atoms with van der Waals surface area (Å²) in [4.78, 5) is 20.2. The fourth-order valence-corrected chi connectivity index (χ4v) is 1.97. The summed E-state index contributed by atoms with van der Waals surface area (Å²) in [7, 11) is 0. The third-order valence-corrected chi connectivity index (χ3v) is 2.99. The highest BCUT2D eigenvalue weighted by atomic mass is 16.3. The molecule has 5 nitrogen and oxygen atoms in total. The largest absolute Gasteiger partial charge is 0.443 e. The lowest BCUT2D eigenvalue weighted by molar-refractivity contribution is 0.0946. The number of amides is 1. The van der Waals surface area contributed by atoms with Gasteiger partial charge in [-0.3, -0.25) is 9.78 Å². The van der Waals surface area contributed by atoms with Gasteiger partial charge in [-0.25, -0.2) is 4.98 Å². The third-order valence-electron chi connectivity index (χ3n) is 2.99. The van der Waals surface area contributed by atoms with Crippen LogP contribution in [0, 0.1) is 0 Å². The zero-order valence-corrected chi connectivity index (χ0v) is 11.2. The van der Waals surface area contributed by atoms with E-state index in [-0.39, 0.29) is 11.6 Å². The van der Waals surface area contributed by atoms with E-state index in [1.807, 2.05) is 42.5 Å². The average molecular weight is 279 g/mol. The summed E-state index contributed by atoms with van der Waals surface area (Å²) in [6.45, 7) is 0.397. The molecule has 1 N–H and O–H groups in total. The molecule has 1 aromatic carbocycles. The highest BCUT2D eigenvalue weighted by Gasteiger charge is 2.17. The molecule has 0 bridgehead atoms. The molecule has 0 saturated carbocycles. The number of aromatic nitrogens is 2. The van der Waals surface area contributed by atoms with Gasteiger partial charge in [0.2, 0.25) is 0 Å². The summed E-state index contributed by atoms with van der Waals surface area (Å²) in [5, 5.41) is 2.81. The van der Waals surface area contributed by atoms with Crippen LogP contribution in [0.2, 0.25) is 0 Å². The van der Waals surface area contributed by atoms with Crippen molar-refractivity contribution < 1.29 is 9.21 Å². The second-order valence-electron chi connectivity index (χ2n) is 4.44. The van der Waals surface area contributed by atoms with E-state index in [4.69, 9.17) is 4.42 Å². The molecule has 0 saturated heterocycles. The van der Waals surface area contributed by atoms with Crippen LogP contribution in [-0.4, -0.2) is 15.9 Å². The quantitative estimate of drug-likeness (QED) is 0.797. The maximum Gasteiger partial charge on any atom is 0.274 e. The SMILES string of the molecule is O=C(NCc1cccnc1)c1ncoc1-c1ccccc1. The van der Waals surface area contributed by atoms with E-state index in [1.54, 1.807) is 12.4 Å². The van der Waals surface area contributed by atoms with Gasteiger partial charge in [-0.1, -0.05) is 36.4 Å². The molecule has 0 aliphatic heterocycles. The Balaban J connectivity index is 1.76. The predicted molar refractivity (Wildman–Crippen MR) is 77.3 cm³/mol. The highest BCUT2D eigenvalue weighted by Crippen LogP contribution is 2.22. The maximum absolute atomic E-state index is 12.2. The van der Waals surface area contributed by atoms with Crippen LogP contribution < -0.4 is 5.32 Å². The normalized spacial score (nSPS) is 10.3. The van der Waals surface area contributed by atoms with Crippen LogP contribution in [0.4, 0.5) is 0 Å². The Bertz CT molecular complexity index is 724. The number of nitrogens with one attached hydrogen (secondary N) is 1. The zero-order valence-electron chi connectivity index (χ0n) is 11.2. The van der Waals surface area contributed by atoms with Crippen molar-refractivity contribution in [1.82, 2.24) is 15.3 Å². The van der Waals surface area contributed by atoms with Crippen LogP contribution in [0.3, 0.4) is 0 Å². The molecule has 3 rings (SSSR count). The molecule has 0 radical (unpaired) electrons. The lowest BCUT2D eigenvalue weighted by Crippen LogP contribution is -2.23. The van der Waals surface area contributed by atoms with E-state index in [1.165, 1.54) is 6.39 Å². The number of oxazole rings is 1. The monoisotopic (exact) mass is 279 g/mol. The van der Waals surface area contributed by atoms with Crippen molar-refractivity contribution in [2.45, 2.75) is 6.54 Å². The fraction of sp³-hybridized carbons (Fsp3) is 0.0625. The molecule has 0 unspecified atom stereocenters. The molecule has 1 amide bonds. The first-order chi connectivity index (χ1) is 10.3. The van der Waals surface area contributed by atoms with Crippen LogP contribution in [0.25, 0.3) is 11.3 Å². The molecule has 2 aromatic heterocycles. The second kappa shape index (κ2) is 6.00. The molecule has 0 spiro atoms. The van der Waals surface area contributed by atoms with E-state index < -0.39 is 0 Å². The number of nitrogens with zero attached hydrogens (tertiary/aromatic N) is 2. The molecule has 5 heteroatoms. The molecule has 21 heavy (non-hydrogen) atoms. The van der Waals surface area contributed by atoms with Crippen LogP contribution in [0.5, 0.6) is 0 Å². The van der Waals surface area contributed by atoms with Gasteiger partial charge in [0.05, 0.1) is 0 Å². The lowest BCUT2D eigenvalue weighted by Gasteiger charge is -2.04. The van der Waals surface area contributed by atoms with E-state index in [2.05, 4.69) is 15.3 Å². The summed E-state index contributed by atoms with van der Waals surface area (Å²) in [5.74, 6) is 0.200. The lowest BCUT2D eigenvalue weighted by atomic mass is 10.1. The molecular weight excluding hydrogens is 266 g/mol. The summed E-state index contributed by atoms with van der Waals surface area (Å²) >= 11 is 0. The number of hydrogen-bond donors (Lipinski definition) is 1. The summed E-state index contributed by atoms with van der Waals surface area (Å²) in [5.41, 5.74) is 2.03. The zero-order chi connectivity index (χ0) is 14.5. The maximum atomic E-state index is 12.2. The molecule has 3 aromatic rings. The van der Waals surface area contributed by atoms with Crippen molar-refractivity contribution >= 4 is 5.91 Å². The van der Waals surface area contributed by atoms with Gasteiger partial charge in [-0.05, 0) is 11.6 Å². The number of benzene rings is 1. The topological polar surface area (TPSA) is 68.0 Å². The Labute approximate surface area is 121 Å². The Kier molecular flexibility index (Phi) is 3.73. The minimum Gasteiger partial charge on any atom is -0.443 e. The van der Waals surface area contributed by atoms with Crippen molar-refractivity contribution in [3.63, 3.8) is 0 Å². The smallest absolute Gasteiger partial charge is 0.274 e. The van der Waals surface area contributed by atoms with E-state index in [0.29, 0.717) is 12.3 Å². The number of pyridine rings is 1. The van der Waals surface area contributed by atoms with Gasteiger partial charge in [-0.15, -0.1) is 0 Å². The molecule has 0 fully saturated rings. The van der Waals surface area contributed by atoms with Gasteiger partial charge in [0, 0.05) is 24.5 Å². The van der Waals surface area contributed by atoms with Crippen molar-refractivity contribution in [3.8, 4) is 11.3 Å². The van der Waals surface area contributed by atoms with E-state index in [9.17, 15) is 4.79 Å². The molecule has 0 aliphatic carbocycles. The Morgan fingerprint density at radius 3 is 2.76 bits per heavy atom. The van der Waals surface area contributed by atoms with Gasteiger partial charge < -0.3 is 9.73 Å². The number of hydrogen-bond acceptors (Lipinski definition) is 4. The Morgan fingerprint density at radius 2 is 2.00 bits per heavy atom. The fourth-order valence-electron chi connectivity index (χ4n) is 1.97. The second-order valence-corrected chi connectivity index (χ2v) is 4.44. The standard InChI is InChI=1S/C16H13N3O2/c20-16(18-10-12-5-4-8-17-9-12)14-15(21-11-19-14)13-6-2-1-3-7-13/h1-9,11H,10H2,(H,18,20). The summed E-state index contributed by atoms with van der Waals surface area (Å²) < 4.78 is 5.34. The van der Waals surface area contributed by atoms with Crippen molar-refractivity contribution in [2.24, 2.45) is 0 Å². The number of rotatable bonds is 4. The van der Waals surface area contributed by atoms with Crippen LogP contribution in [0.15, 0.2) is 65.7 Å².